The standard InChI is InChI=1S/C24H27N3O2.C5H11N/c1-3-11-27(12-4-2)24(29)21-13-20-10-9-19(14-22(20)26-23(25)15-21)18-7-5-17(16-28)6-8-18;1-6-4-2-3-5-6/h5-10,13-14,16H,3-4,11-12,15H2,1-2H3,(H2,25,26);2-5H2,1H3. The summed E-state index contributed by atoms with van der Waals surface area (Å²) in [5.74, 6) is 0.470. The lowest BCUT2D eigenvalue weighted by Gasteiger charge is -2.22. The number of amides is 1. The second-order valence-electron chi connectivity index (χ2n) is 9.27. The molecule has 1 fully saturated rings. The van der Waals surface area contributed by atoms with Gasteiger partial charge in [-0.1, -0.05) is 50.2 Å². The van der Waals surface area contributed by atoms with Gasteiger partial charge in [0.05, 0.1) is 5.69 Å². The third-order valence-electron chi connectivity index (χ3n) is 6.25. The van der Waals surface area contributed by atoms with E-state index < -0.39 is 0 Å². The number of fused-ring (bicyclic) bond motifs is 1. The molecular weight excluding hydrogens is 436 g/mol. The lowest BCUT2D eigenvalue weighted by molar-refractivity contribution is -0.127. The maximum absolute atomic E-state index is 13.1. The smallest absolute Gasteiger partial charge is 0.250 e. The molecule has 4 rings (SSSR count). The van der Waals surface area contributed by atoms with E-state index in [2.05, 4.69) is 30.8 Å². The van der Waals surface area contributed by atoms with Crippen LogP contribution in [-0.2, 0) is 4.79 Å². The first-order chi connectivity index (χ1) is 16.9. The molecule has 0 atom stereocenters. The molecule has 1 saturated heterocycles. The molecule has 6 nitrogen and oxygen atoms in total. The SMILES string of the molecule is CCCN(CCC)C(=O)C1=Cc2ccc(-c3ccc(C=O)cc3)cc2N=C(N)C1.CN1CCCC1. The Morgan fingerprint density at radius 1 is 1.03 bits per heavy atom. The van der Waals surface area contributed by atoms with Gasteiger partial charge in [-0.2, -0.15) is 0 Å². The molecule has 35 heavy (non-hydrogen) atoms. The predicted molar refractivity (Wildman–Crippen MR) is 145 cm³/mol. The Morgan fingerprint density at radius 3 is 2.20 bits per heavy atom. The number of aliphatic imine (C=N–C) groups is 1. The molecule has 186 valence electrons. The molecule has 1 amide bonds. The highest BCUT2D eigenvalue weighted by atomic mass is 16.2. The Labute approximate surface area is 209 Å². The Balaban J connectivity index is 0.000000497. The molecule has 0 saturated carbocycles. The van der Waals surface area contributed by atoms with Crippen LogP contribution >= 0.6 is 0 Å². The van der Waals surface area contributed by atoms with Gasteiger partial charge in [-0.15, -0.1) is 0 Å². The molecule has 0 unspecified atom stereocenters. The molecule has 0 aliphatic carbocycles. The van der Waals surface area contributed by atoms with Crippen LogP contribution in [0.4, 0.5) is 5.69 Å². The molecule has 0 radical (unpaired) electrons. The molecule has 0 spiro atoms. The second kappa shape index (κ2) is 13.0. The molecule has 2 aliphatic heterocycles. The molecule has 2 aromatic rings. The second-order valence-corrected chi connectivity index (χ2v) is 9.27. The third kappa shape index (κ3) is 7.36. The van der Waals surface area contributed by atoms with Crippen molar-refractivity contribution in [2.45, 2.75) is 46.0 Å². The van der Waals surface area contributed by atoms with Gasteiger partial charge in [-0.25, -0.2) is 4.99 Å². The number of hydrogen-bond donors (Lipinski definition) is 1. The van der Waals surface area contributed by atoms with E-state index in [1.54, 1.807) is 12.1 Å². The monoisotopic (exact) mass is 474 g/mol. The van der Waals surface area contributed by atoms with Crippen LogP contribution in [0.15, 0.2) is 53.0 Å². The topological polar surface area (TPSA) is 79.0 Å². The lowest BCUT2D eigenvalue weighted by atomic mass is 10.00. The van der Waals surface area contributed by atoms with E-state index in [0.717, 1.165) is 54.6 Å². The zero-order chi connectivity index (χ0) is 25.2. The van der Waals surface area contributed by atoms with Crippen LogP contribution in [0.1, 0.15) is 61.9 Å². The highest BCUT2D eigenvalue weighted by Crippen LogP contribution is 2.32. The number of benzene rings is 2. The summed E-state index contributed by atoms with van der Waals surface area (Å²) in [6, 6.07) is 13.3. The summed E-state index contributed by atoms with van der Waals surface area (Å²) in [5.41, 5.74) is 11.1. The summed E-state index contributed by atoms with van der Waals surface area (Å²) in [4.78, 5) is 32.7. The average molecular weight is 475 g/mol. The first-order valence-corrected chi connectivity index (χ1v) is 12.7. The number of likely N-dealkylation sites (tertiary alicyclic amines) is 1. The molecule has 0 aromatic heterocycles. The Morgan fingerprint density at radius 2 is 1.66 bits per heavy atom. The van der Waals surface area contributed by atoms with Crippen molar-refractivity contribution in [2.75, 3.05) is 33.2 Å². The average Bonchev–Trinajstić information content (AvgIpc) is 3.28. The number of hydrogen-bond acceptors (Lipinski definition) is 5. The molecule has 0 bridgehead atoms. The van der Waals surface area contributed by atoms with Crippen molar-refractivity contribution < 1.29 is 9.59 Å². The lowest BCUT2D eigenvalue weighted by Crippen LogP contribution is -2.34. The highest BCUT2D eigenvalue weighted by molar-refractivity contribution is 6.05. The molecule has 2 N–H and O–H groups in total. The number of aldehydes is 1. The van der Waals surface area contributed by atoms with E-state index in [9.17, 15) is 9.59 Å². The predicted octanol–water partition coefficient (Wildman–Crippen LogP) is 5.30. The Bertz CT molecular complexity index is 1060. The van der Waals surface area contributed by atoms with Crippen LogP contribution < -0.4 is 5.73 Å². The van der Waals surface area contributed by atoms with Gasteiger partial charge in [-0.3, -0.25) is 9.59 Å². The summed E-state index contributed by atoms with van der Waals surface area (Å²) < 4.78 is 0. The van der Waals surface area contributed by atoms with Gasteiger partial charge in [-0.05, 0) is 69.1 Å². The summed E-state index contributed by atoms with van der Waals surface area (Å²) in [5, 5.41) is 0. The minimum absolute atomic E-state index is 0.0354. The van der Waals surface area contributed by atoms with E-state index in [4.69, 9.17) is 5.73 Å². The largest absolute Gasteiger partial charge is 0.387 e. The number of nitrogens with two attached hydrogens (primary N) is 1. The fraction of sp³-hybridized carbons (Fsp3) is 0.414. The zero-order valence-electron chi connectivity index (χ0n) is 21.3. The van der Waals surface area contributed by atoms with Crippen LogP contribution in [0.3, 0.4) is 0 Å². The number of nitrogens with zero attached hydrogens (tertiary/aromatic N) is 3. The van der Waals surface area contributed by atoms with Crippen molar-refractivity contribution in [3.63, 3.8) is 0 Å². The number of carbonyl (C=O) groups excluding carboxylic acids is 2. The number of rotatable bonds is 7. The minimum atomic E-state index is 0.0354. The molecule has 2 aliphatic rings. The van der Waals surface area contributed by atoms with Crippen LogP contribution in [0.25, 0.3) is 17.2 Å². The van der Waals surface area contributed by atoms with E-state index in [0.29, 0.717) is 23.4 Å². The van der Waals surface area contributed by atoms with E-state index in [-0.39, 0.29) is 5.91 Å². The minimum Gasteiger partial charge on any atom is -0.387 e. The first-order valence-electron chi connectivity index (χ1n) is 12.7. The van der Waals surface area contributed by atoms with Gasteiger partial charge in [0.1, 0.15) is 12.1 Å². The van der Waals surface area contributed by atoms with Crippen molar-refractivity contribution in [1.29, 1.82) is 0 Å². The summed E-state index contributed by atoms with van der Waals surface area (Å²) in [7, 11) is 2.17. The van der Waals surface area contributed by atoms with E-state index >= 15 is 0 Å². The van der Waals surface area contributed by atoms with E-state index in [1.807, 2.05) is 41.3 Å². The van der Waals surface area contributed by atoms with Crippen molar-refractivity contribution >= 4 is 29.8 Å². The Kier molecular flexibility index (Phi) is 9.79. The molecule has 2 heterocycles. The number of amidine groups is 1. The first kappa shape index (κ1) is 26.4. The summed E-state index contributed by atoms with van der Waals surface area (Å²) >= 11 is 0. The van der Waals surface area contributed by atoms with Gasteiger partial charge < -0.3 is 15.5 Å². The molecule has 2 aromatic carbocycles. The van der Waals surface area contributed by atoms with Crippen molar-refractivity contribution in [3.8, 4) is 11.1 Å². The fourth-order valence-electron chi connectivity index (χ4n) is 4.39. The van der Waals surface area contributed by atoms with Gasteiger partial charge in [0.2, 0.25) is 5.91 Å². The summed E-state index contributed by atoms with van der Waals surface area (Å²) in [6.45, 7) is 8.27. The van der Waals surface area contributed by atoms with Gasteiger partial charge in [0.15, 0.2) is 0 Å². The molecular formula is C29H38N4O2. The van der Waals surface area contributed by atoms with Gasteiger partial charge in [0.25, 0.3) is 0 Å². The number of carbonyl (C=O) groups is 2. The van der Waals surface area contributed by atoms with Gasteiger partial charge in [0, 0.05) is 36.2 Å². The van der Waals surface area contributed by atoms with Crippen LogP contribution in [0.5, 0.6) is 0 Å². The normalized spacial score (nSPS) is 15.2. The van der Waals surface area contributed by atoms with E-state index in [1.165, 1.54) is 25.9 Å². The van der Waals surface area contributed by atoms with Crippen molar-refractivity contribution in [2.24, 2.45) is 10.7 Å². The summed E-state index contributed by atoms with van der Waals surface area (Å²) in [6.07, 6.45) is 7.76. The fourth-order valence-corrected chi connectivity index (χ4v) is 4.39. The van der Waals surface area contributed by atoms with Crippen molar-refractivity contribution in [3.05, 3.63) is 59.2 Å². The van der Waals surface area contributed by atoms with Crippen LogP contribution in [-0.4, -0.2) is 61.1 Å². The zero-order valence-corrected chi connectivity index (χ0v) is 21.3. The van der Waals surface area contributed by atoms with Gasteiger partial charge >= 0.3 is 0 Å². The molecule has 6 heteroatoms. The van der Waals surface area contributed by atoms with Crippen LogP contribution in [0, 0.1) is 0 Å². The van der Waals surface area contributed by atoms with Crippen LogP contribution in [0.2, 0.25) is 0 Å². The third-order valence-corrected chi connectivity index (χ3v) is 6.25. The maximum Gasteiger partial charge on any atom is 0.250 e. The quantitative estimate of drug-likeness (QED) is 0.552. The van der Waals surface area contributed by atoms with Crippen molar-refractivity contribution in [1.82, 2.24) is 9.80 Å². The highest BCUT2D eigenvalue weighted by Gasteiger charge is 2.21. The Hall–Kier alpha value is -3.25. The maximum atomic E-state index is 13.1.